The Morgan fingerprint density at radius 2 is 0.961 bits per heavy atom. The normalized spacial score (nSPS) is 20.7. The van der Waals surface area contributed by atoms with Gasteiger partial charge in [-0.25, -0.2) is 0 Å². The van der Waals surface area contributed by atoms with Crippen LogP contribution in [0, 0.1) is 0 Å². The first-order valence-corrected chi connectivity index (χ1v) is 20.6. The van der Waals surface area contributed by atoms with Crippen molar-refractivity contribution >= 4 is 35.9 Å². The molecule has 2 fully saturated rings. The van der Waals surface area contributed by atoms with E-state index in [0.29, 0.717) is 0 Å². The van der Waals surface area contributed by atoms with Crippen molar-refractivity contribution in [1.29, 1.82) is 0 Å². The predicted molar refractivity (Wildman–Crippen MR) is 218 cm³/mol. The molecule has 4 nitrogen and oxygen atoms in total. The average molecular weight is 693 g/mol. The molecule has 0 saturated carbocycles. The van der Waals surface area contributed by atoms with E-state index in [-0.39, 0.29) is 23.7 Å². The van der Waals surface area contributed by atoms with Crippen molar-refractivity contribution in [2.75, 3.05) is 0 Å². The van der Waals surface area contributed by atoms with Gasteiger partial charge in [0.05, 0.1) is 22.4 Å². The molecule has 0 bridgehead atoms. The van der Waals surface area contributed by atoms with Gasteiger partial charge in [-0.3, -0.25) is 0 Å². The van der Waals surface area contributed by atoms with Crippen molar-refractivity contribution in [2.24, 2.45) is 0 Å². The Balaban J connectivity index is 1.51. The van der Waals surface area contributed by atoms with Gasteiger partial charge >= 0.3 is 14.2 Å². The van der Waals surface area contributed by atoms with Crippen LogP contribution < -0.4 is 10.9 Å². The summed E-state index contributed by atoms with van der Waals surface area (Å²) in [5.74, 6) is 0. The van der Waals surface area contributed by atoms with Crippen LogP contribution in [0.4, 0.5) is 0 Å². The summed E-state index contributed by atoms with van der Waals surface area (Å²) < 4.78 is 26.9. The van der Waals surface area contributed by atoms with Crippen LogP contribution in [-0.2, 0) is 24.0 Å². The molecule has 0 atom stereocenters. The summed E-state index contributed by atoms with van der Waals surface area (Å²) in [6.45, 7) is 21.9. The molecular formula is C45H66B2O4. The van der Waals surface area contributed by atoms with Gasteiger partial charge in [0.15, 0.2) is 0 Å². The standard InChI is InChI=1S/C45H66B2O4/c1-11-13-15-17-19-23-29-45(30-24-20-18-16-14-12-2)37-31-33(46-48-41(3,4)42(5,6)49-46)27-28-36(37)40-35-26-22-21-25-34(35)39(32-38(40)45)47-50-43(7,8)44(9,10)51-47/h21-22,25-28,31-32H,11-20,23-24,29-30H2,1-10H3. The van der Waals surface area contributed by atoms with Crippen LogP contribution in [0.5, 0.6) is 0 Å². The number of unbranched alkanes of at least 4 members (excludes halogenated alkanes) is 10. The molecule has 0 amide bonds. The molecule has 6 heteroatoms. The third-order valence-corrected chi connectivity index (χ3v) is 13.4. The molecule has 0 N–H and O–H groups in total. The molecule has 2 saturated heterocycles. The smallest absolute Gasteiger partial charge is 0.399 e. The predicted octanol–water partition coefficient (Wildman–Crippen LogP) is 11.2. The van der Waals surface area contributed by atoms with Crippen molar-refractivity contribution in [3.05, 3.63) is 59.7 Å². The fourth-order valence-corrected chi connectivity index (χ4v) is 8.76. The van der Waals surface area contributed by atoms with Gasteiger partial charge in [-0.1, -0.05) is 139 Å². The topological polar surface area (TPSA) is 36.9 Å². The van der Waals surface area contributed by atoms with Gasteiger partial charge in [0, 0.05) is 5.41 Å². The molecule has 2 aliphatic heterocycles. The van der Waals surface area contributed by atoms with Crippen molar-refractivity contribution in [3.8, 4) is 11.1 Å². The van der Waals surface area contributed by atoms with E-state index in [1.807, 2.05) is 0 Å². The summed E-state index contributed by atoms with van der Waals surface area (Å²) in [6, 6.07) is 18.6. The first-order valence-electron chi connectivity index (χ1n) is 20.6. The molecule has 6 rings (SSSR count). The quantitative estimate of drug-likeness (QED) is 0.111. The summed E-state index contributed by atoms with van der Waals surface area (Å²) >= 11 is 0. The molecule has 3 aromatic carbocycles. The largest absolute Gasteiger partial charge is 0.495 e. The van der Waals surface area contributed by atoms with Crippen LogP contribution in [0.1, 0.15) is 170 Å². The Morgan fingerprint density at radius 1 is 0.490 bits per heavy atom. The highest BCUT2D eigenvalue weighted by Gasteiger charge is 2.54. The van der Waals surface area contributed by atoms with E-state index in [1.54, 1.807) is 0 Å². The maximum absolute atomic E-state index is 6.81. The first kappa shape index (κ1) is 38.6. The van der Waals surface area contributed by atoms with Crippen molar-refractivity contribution in [3.63, 3.8) is 0 Å². The van der Waals surface area contributed by atoms with Gasteiger partial charge in [0.2, 0.25) is 0 Å². The van der Waals surface area contributed by atoms with E-state index < -0.39 is 18.3 Å². The Morgan fingerprint density at radius 3 is 1.49 bits per heavy atom. The molecule has 276 valence electrons. The van der Waals surface area contributed by atoms with Gasteiger partial charge in [-0.05, 0) is 112 Å². The summed E-state index contributed by atoms with van der Waals surface area (Å²) in [5, 5.41) is 2.53. The summed E-state index contributed by atoms with van der Waals surface area (Å²) in [7, 11) is -0.808. The highest BCUT2D eigenvalue weighted by Crippen LogP contribution is 2.56. The second-order valence-electron chi connectivity index (χ2n) is 18.0. The van der Waals surface area contributed by atoms with E-state index in [2.05, 4.69) is 118 Å². The summed E-state index contributed by atoms with van der Waals surface area (Å²) in [4.78, 5) is 0. The molecule has 51 heavy (non-hydrogen) atoms. The SMILES string of the molecule is CCCCCCCCC1(CCCCCCCC)c2cc(B3OC(C)(C)C(C)(C)O3)ccc2-c2c1cc(B1OC(C)(C)C(C)(C)O1)c1ccccc21. The maximum Gasteiger partial charge on any atom is 0.495 e. The molecule has 2 heterocycles. The van der Waals surface area contributed by atoms with Gasteiger partial charge in [-0.15, -0.1) is 0 Å². The third kappa shape index (κ3) is 7.26. The van der Waals surface area contributed by atoms with Crippen molar-refractivity contribution in [2.45, 2.75) is 187 Å². The molecule has 0 radical (unpaired) electrons. The van der Waals surface area contributed by atoms with Crippen molar-refractivity contribution < 1.29 is 18.6 Å². The number of fused-ring (bicyclic) bond motifs is 5. The van der Waals surface area contributed by atoms with Gasteiger partial charge in [0.1, 0.15) is 0 Å². The molecule has 3 aromatic rings. The van der Waals surface area contributed by atoms with E-state index in [1.165, 1.54) is 110 Å². The molecule has 0 unspecified atom stereocenters. The lowest BCUT2D eigenvalue weighted by Crippen LogP contribution is -2.41. The Hall–Kier alpha value is -2.11. The molecule has 0 spiro atoms. The van der Waals surface area contributed by atoms with Crippen LogP contribution >= 0.6 is 0 Å². The van der Waals surface area contributed by atoms with Crippen LogP contribution in [0.25, 0.3) is 21.9 Å². The lowest BCUT2D eigenvalue weighted by molar-refractivity contribution is 0.00578. The van der Waals surface area contributed by atoms with E-state index in [9.17, 15) is 0 Å². The lowest BCUT2D eigenvalue weighted by Gasteiger charge is -2.34. The zero-order valence-corrected chi connectivity index (χ0v) is 33.8. The minimum atomic E-state index is -0.421. The second-order valence-corrected chi connectivity index (χ2v) is 18.0. The molecule has 1 aliphatic carbocycles. The minimum Gasteiger partial charge on any atom is -0.399 e. The molecule has 0 aromatic heterocycles. The molecular weight excluding hydrogens is 626 g/mol. The average Bonchev–Trinajstić information content (AvgIpc) is 3.57. The number of hydrogen-bond acceptors (Lipinski definition) is 4. The van der Waals surface area contributed by atoms with Gasteiger partial charge < -0.3 is 18.6 Å². The minimum absolute atomic E-state index is 0.109. The maximum atomic E-state index is 6.81. The highest BCUT2D eigenvalue weighted by atomic mass is 16.7. The van der Waals surface area contributed by atoms with Gasteiger partial charge in [-0.2, -0.15) is 0 Å². The fraction of sp³-hybridized carbons (Fsp3) is 0.644. The summed E-state index contributed by atoms with van der Waals surface area (Å²) in [6.07, 6.45) is 17.8. The molecule has 3 aliphatic rings. The first-order chi connectivity index (χ1) is 24.2. The van der Waals surface area contributed by atoms with E-state index in [0.717, 1.165) is 23.8 Å². The van der Waals surface area contributed by atoms with Crippen LogP contribution in [0.2, 0.25) is 0 Å². The Bertz CT molecular complexity index is 1630. The summed E-state index contributed by atoms with van der Waals surface area (Å²) in [5.41, 5.74) is 6.29. The third-order valence-electron chi connectivity index (χ3n) is 13.4. The number of hydrogen-bond donors (Lipinski definition) is 0. The van der Waals surface area contributed by atoms with Crippen molar-refractivity contribution in [1.82, 2.24) is 0 Å². The van der Waals surface area contributed by atoms with Gasteiger partial charge in [0.25, 0.3) is 0 Å². The zero-order valence-electron chi connectivity index (χ0n) is 33.8. The fourth-order valence-electron chi connectivity index (χ4n) is 8.76. The zero-order chi connectivity index (χ0) is 36.7. The van der Waals surface area contributed by atoms with E-state index in [4.69, 9.17) is 18.6 Å². The lowest BCUT2D eigenvalue weighted by atomic mass is 9.66. The second kappa shape index (κ2) is 15.0. The highest BCUT2D eigenvalue weighted by molar-refractivity contribution is 6.65. The van der Waals surface area contributed by atoms with E-state index >= 15 is 0 Å². The van der Waals surface area contributed by atoms with Crippen LogP contribution in [0.3, 0.4) is 0 Å². The monoisotopic (exact) mass is 693 g/mol. The van der Waals surface area contributed by atoms with Crippen LogP contribution in [0.15, 0.2) is 48.5 Å². The van der Waals surface area contributed by atoms with Crippen LogP contribution in [-0.4, -0.2) is 36.6 Å². The number of rotatable bonds is 16. The number of benzene rings is 3. The Labute approximate surface area is 311 Å². The Kier molecular flexibility index (Phi) is 11.3.